The van der Waals surface area contributed by atoms with Crippen molar-refractivity contribution >= 4 is 10.0 Å². The molecule has 4 heteroatoms. The zero-order valence-electron chi connectivity index (χ0n) is 9.40. The van der Waals surface area contributed by atoms with Gasteiger partial charge in [-0.15, -0.1) is 0 Å². The van der Waals surface area contributed by atoms with Crippen LogP contribution in [0.1, 0.15) is 11.1 Å². The van der Waals surface area contributed by atoms with Gasteiger partial charge in [-0.3, -0.25) is 0 Å². The lowest BCUT2D eigenvalue weighted by molar-refractivity contribution is 0.478. The monoisotopic (exact) mass is 227 g/mol. The zero-order chi connectivity index (χ0) is 11.5. The van der Waals surface area contributed by atoms with Crippen molar-refractivity contribution in [2.24, 2.45) is 0 Å². The van der Waals surface area contributed by atoms with Gasteiger partial charge in [0.25, 0.3) is 0 Å². The van der Waals surface area contributed by atoms with Crippen LogP contribution in [0.15, 0.2) is 24.3 Å². The van der Waals surface area contributed by atoms with E-state index in [9.17, 15) is 8.42 Å². The number of rotatable bonds is 4. The van der Waals surface area contributed by atoms with E-state index in [4.69, 9.17) is 0 Å². The Morgan fingerprint density at radius 1 is 1.20 bits per heavy atom. The topological polar surface area (TPSA) is 37.4 Å². The molecule has 0 bridgehead atoms. The highest BCUT2D eigenvalue weighted by Gasteiger charge is 2.09. The molecule has 84 valence electrons. The van der Waals surface area contributed by atoms with Crippen molar-refractivity contribution in [1.29, 1.82) is 0 Å². The van der Waals surface area contributed by atoms with Gasteiger partial charge in [-0.1, -0.05) is 29.8 Å². The predicted molar refractivity (Wildman–Crippen MR) is 62.4 cm³/mol. The normalized spacial score (nSPS) is 12.0. The van der Waals surface area contributed by atoms with Crippen molar-refractivity contribution in [3.8, 4) is 0 Å². The van der Waals surface area contributed by atoms with Crippen LogP contribution in [0.25, 0.3) is 0 Å². The maximum absolute atomic E-state index is 11.1. The van der Waals surface area contributed by atoms with Crippen LogP contribution in [0.4, 0.5) is 0 Å². The molecule has 0 fully saturated rings. The van der Waals surface area contributed by atoms with Crippen LogP contribution >= 0.6 is 0 Å². The highest BCUT2D eigenvalue weighted by molar-refractivity contribution is 7.88. The van der Waals surface area contributed by atoms with Gasteiger partial charge in [0.1, 0.15) is 0 Å². The van der Waals surface area contributed by atoms with Gasteiger partial charge >= 0.3 is 0 Å². The van der Waals surface area contributed by atoms with Crippen LogP contribution in [-0.4, -0.2) is 32.6 Å². The first-order valence-corrected chi connectivity index (χ1v) is 6.71. The van der Waals surface area contributed by atoms with Crippen LogP contribution in [0, 0.1) is 6.92 Å². The van der Waals surface area contributed by atoms with E-state index in [-0.39, 0.29) is 0 Å². The summed E-state index contributed by atoms with van der Waals surface area (Å²) >= 11 is 0. The highest BCUT2D eigenvalue weighted by atomic mass is 32.2. The minimum absolute atomic E-state index is 0.530. The molecule has 1 rings (SSSR count). The fourth-order valence-corrected chi connectivity index (χ4v) is 1.63. The average molecular weight is 227 g/mol. The Balaban J connectivity index is 2.55. The molecule has 0 N–H and O–H groups in total. The number of likely N-dealkylation sites (N-methyl/N-ethyl adjacent to an activating group) is 1. The molecule has 0 spiro atoms. The number of benzene rings is 1. The summed E-state index contributed by atoms with van der Waals surface area (Å²) in [5.74, 6) is 0. The van der Waals surface area contributed by atoms with Gasteiger partial charge < -0.3 is 0 Å². The van der Waals surface area contributed by atoms with E-state index in [2.05, 4.69) is 0 Å². The standard InChI is InChI=1S/C11H17NO2S/c1-10-4-6-11(7-5-10)8-9-12(2)15(3,13)14/h4-7H,8-9H2,1-3H3. The largest absolute Gasteiger partial charge is 0.213 e. The molecule has 0 amide bonds. The summed E-state index contributed by atoms with van der Waals surface area (Å²) in [7, 11) is -1.45. The van der Waals surface area contributed by atoms with Crippen molar-refractivity contribution in [2.45, 2.75) is 13.3 Å². The quantitative estimate of drug-likeness (QED) is 0.780. The molecule has 0 saturated heterocycles. The summed E-state index contributed by atoms with van der Waals surface area (Å²) in [5.41, 5.74) is 2.38. The molecule has 0 aliphatic rings. The Bertz CT molecular complexity index is 409. The second kappa shape index (κ2) is 4.77. The molecule has 0 atom stereocenters. The zero-order valence-corrected chi connectivity index (χ0v) is 10.2. The van der Waals surface area contributed by atoms with E-state index >= 15 is 0 Å². The Kier molecular flexibility index (Phi) is 3.88. The third-order valence-corrected chi connectivity index (χ3v) is 3.72. The van der Waals surface area contributed by atoms with E-state index in [1.165, 1.54) is 16.1 Å². The third-order valence-electron chi connectivity index (χ3n) is 2.40. The average Bonchev–Trinajstić information content (AvgIpc) is 2.15. The summed E-state index contributed by atoms with van der Waals surface area (Å²) in [4.78, 5) is 0. The second-order valence-electron chi connectivity index (χ2n) is 3.82. The van der Waals surface area contributed by atoms with Gasteiger partial charge in [0, 0.05) is 13.6 Å². The first-order chi connectivity index (χ1) is 6.89. The summed E-state index contributed by atoms with van der Waals surface area (Å²) < 4.78 is 23.6. The highest BCUT2D eigenvalue weighted by Crippen LogP contribution is 2.05. The SMILES string of the molecule is Cc1ccc(CCN(C)S(C)(=O)=O)cc1. The van der Waals surface area contributed by atoms with E-state index in [1.807, 2.05) is 31.2 Å². The number of sulfonamides is 1. The molecular weight excluding hydrogens is 210 g/mol. The summed E-state index contributed by atoms with van der Waals surface area (Å²) in [6.45, 7) is 2.56. The number of hydrogen-bond acceptors (Lipinski definition) is 2. The first-order valence-electron chi connectivity index (χ1n) is 4.86. The van der Waals surface area contributed by atoms with Crippen LogP contribution < -0.4 is 0 Å². The third kappa shape index (κ3) is 4.01. The van der Waals surface area contributed by atoms with E-state index in [0.29, 0.717) is 6.54 Å². The molecule has 0 aromatic heterocycles. The Hall–Kier alpha value is -0.870. The maximum atomic E-state index is 11.1. The van der Waals surface area contributed by atoms with Gasteiger partial charge in [-0.25, -0.2) is 12.7 Å². The molecule has 0 aliphatic carbocycles. The second-order valence-corrected chi connectivity index (χ2v) is 5.91. The smallest absolute Gasteiger partial charge is 0.210 e. The molecule has 0 unspecified atom stereocenters. The fourth-order valence-electron chi connectivity index (χ4n) is 1.21. The molecule has 0 heterocycles. The predicted octanol–water partition coefficient (Wildman–Crippen LogP) is 1.43. The molecular formula is C11H17NO2S. The molecule has 1 aromatic carbocycles. The first kappa shape index (κ1) is 12.2. The summed E-state index contributed by atoms with van der Waals surface area (Å²) in [6.07, 6.45) is 1.98. The molecule has 0 radical (unpaired) electrons. The van der Waals surface area contributed by atoms with Gasteiger partial charge in [-0.2, -0.15) is 0 Å². The summed E-state index contributed by atoms with van der Waals surface area (Å²) in [6, 6.07) is 8.14. The van der Waals surface area contributed by atoms with Crippen molar-refractivity contribution < 1.29 is 8.42 Å². The van der Waals surface area contributed by atoms with Crippen molar-refractivity contribution in [3.05, 3.63) is 35.4 Å². The Morgan fingerprint density at radius 2 is 1.73 bits per heavy atom. The van der Waals surface area contributed by atoms with Gasteiger partial charge in [0.2, 0.25) is 10.0 Å². The van der Waals surface area contributed by atoms with Crippen LogP contribution in [0.5, 0.6) is 0 Å². The summed E-state index contributed by atoms with van der Waals surface area (Å²) in [5, 5.41) is 0. The fraction of sp³-hybridized carbons (Fsp3) is 0.455. The molecule has 1 aromatic rings. The van der Waals surface area contributed by atoms with E-state index in [1.54, 1.807) is 7.05 Å². The minimum Gasteiger partial charge on any atom is -0.213 e. The Morgan fingerprint density at radius 3 is 2.20 bits per heavy atom. The van der Waals surface area contributed by atoms with E-state index in [0.717, 1.165) is 12.0 Å². The van der Waals surface area contributed by atoms with Gasteiger partial charge in [-0.05, 0) is 18.9 Å². The van der Waals surface area contributed by atoms with Crippen molar-refractivity contribution in [2.75, 3.05) is 19.8 Å². The molecule has 0 aliphatic heterocycles. The lowest BCUT2D eigenvalue weighted by atomic mass is 10.1. The maximum Gasteiger partial charge on any atom is 0.210 e. The van der Waals surface area contributed by atoms with Crippen molar-refractivity contribution in [3.63, 3.8) is 0 Å². The van der Waals surface area contributed by atoms with E-state index < -0.39 is 10.0 Å². The lowest BCUT2D eigenvalue weighted by Crippen LogP contribution is -2.27. The molecule has 3 nitrogen and oxygen atoms in total. The minimum atomic E-state index is -3.05. The number of hydrogen-bond donors (Lipinski definition) is 0. The number of nitrogens with zero attached hydrogens (tertiary/aromatic N) is 1. The number of aryl methyl sites for hydroxylation is 1. The van der Waals surface area contributed by atoms with Gasteiger partial charge in [0.05, 0.1) is 6.26 Å². The van der Waals surface area contributed by atoms with Crippen LogP contribution in [0.2, 0.25) is 0 Å². The molecule has 0 saturated carbocycles. The van der Waals surface area contributed by atoms with Crippen LogP contribution in [0.3, 0.4) is 0 Å². The Labute approximate surface area is 91.8 Å². The van der Waals surface area contributed by atoms with Crippen molar-refractivity contribution in [1.82, 2.24) is 4.31 Å². The van der Waals surface area contributed by atoms with Crippen LogP contribution in [-0.2, 0) is 16.4 Å². The lowest BCUT2D eigenvalue weighted by Gasteiger charge is -2.13. The molecule has 15 heavy (non-hydrogen) atoms. The van der Waals surface area contributed by atoms with Gasteiger partial charge in [0.15, 0.2) is 0 Å².